The molecule has 0 amide bonds. The molecule has 0 aliphatic rings. The van der Waals surface area contributed by atoms with E-state index < -0.39 is 0 Å². The lowest BCUT2D eigenvalue weighted by Gasteiger charge is -2.16. The van der Waals surface area contributed by atoms with E-state index in [4.69, 9.17) is 9.47 Å². The highest BCUT2D eigenvalue weighted by molar-refractivity contribution is 5.43. The molecule has 0 saturated carbocycles. The first-order chi connectivity index (χ1) is 10.1. The van der Waals surface area contributed by atoms with Gasteiger partial charge in [0.25, 0.3) is 0 Å². The molecule has 0 fully saturated rings. The normalized spacial score (nSPS) is 12.5. The summed E-state index contributed by atoms with van der Waals surface area (Å²) in [5, 5.41) is 3.45. The molecule has 0 radical (unpaired) electrons. The van der Waals surface area contributed by atoms with Crippen LogP contribution in [0.15, 0.2) is 18.2 Å². The Morgan fingerprint density at radius 3 is 2.43 bits per heavy atom. The second kappa shape index (κ2) is 9.67. The van der Waals surface area contributed by atoms with Crippen LogP contribution in [0.25, 0.3) is 0 Å². The summed E-state index contributed by atoms with van der Waals surface area (Å²) >= 11 is 0. The van der Waals surface area contributed by atoms with E-state index in [9.17, 15) is 0 Å². The van der Waals surface area contributed by atoms with E-state index >= 15 is 0 Å². The molecule has 3 heteroatoms. The van der Waals surface area contributed by atoms with Gasteiger partial charge in [-0.2, -0.15) is 0 Å². The van der Waals surface area contributed by atoms with Gasteiger partial charge in [0.05, 0.1) is 13.2 Å². The zero-order chi connectivity index (χ0) is 15.7. The number of ether oxygens (including phenoxy) is 2. The topological polar surface area (TPSA) is 30.5 Å². The molecule has 0 heterocycles. The third-order valence-electron chi connectivity index (χ3n) is 3.41. The van der Waals surface area contributed by atoms with Crippen molar-refractivity contribution in [2.45, 2.75) is 47.6 Å². The summed E-state index contributed by atoms with van der Waals surface area (Å²) < 4.78 is 11.6. The Labute approximate surface area is 130 Å². The van der Waals surface area contributed by atoms with Crippen molar-refractivity contribution in [2.75, 3.05) is 19.8 Å². The first-order valence-electron chi connectivity index (χ1n) is 8.16. The van der Waals surface area contributed by atoms with E-state index in [0.29, 0.717) is 18.4 Å². The molecule has 1 unspecified atom stereocenters. The van der Waals surface area contributed by atoms with Crippen LogP contribution < -0.4 is 14.8 Å². The second-order valence-electron chi connectivity index (χ2n) is 6.06. The van der Waals surface area contributed by atoms with E-state index in [1.165, 1.54) is 5.56 Å². The van der Waals surface area contributed by atoms with Crippen LogP contribution in [0.4, 0.5) is 0 Å². The van der Waals surface area contributed by atoms with Gasteiger partial charge in [-0.15, -0.1) is 0 Å². The van der Waals surface area contributed by atoms with Gasteiger partial charge in [-0.3, -0.25) is 0 Å². The Morgan fingerprint density at radius 1 is 1.05 bits per heavy atom. The predicted octanol–water partition coefficient (Wildman–Crippen LogP) is 4.26. The van der Waals surface area contributed by atoms with Crippen molar-refractivity contribution in [1.82, 2.24) is 5.32 Å². The molecule has 0 spiro atoms. The van der Waals surface area contributed by atoms with Crippen molar-refractivity contribution in [1.29, 1.82) is 0 Å². The van der Waals surface area contributed by atoms with Crippen molar-refractivity contribution in [3.8, 4) is 11.5 Å². The van der Waals surface area contributed by atoms with Crippen LogP contribution in [-0.2, 0) is 6.54 Å². The van der Waals surface area contributed by atoms with Gasteiger partial charge in [-0.1, -0.05) is 40.2 Å². The monoisotopic (exact) mass is 293 g/mol. The number of rotatable bonds is 10. The van der Waals surface area contributed by atoms with Crippen molar-refractivity contribution < 1.29 is 9.47 Å². The fourth-order valence-corrected chi connectivity index (χ4v) is 1.91. The molecule has 21 heavy (non-hydrogen) atoms. The highest BCUT2D eigenvalue weighted by Gasteiger charge is 2.08. The Hall–Kier alpha value is -1.22. The first kappa shape index (κ1) is 17.8. The predicted molar refractivity (Wildman–Crippen MR) is 89.1 cm³/mol. The van der Waals surface area contributed by atoms with Gasteiger partial charge >= 0.3 is 0 Å². The lowest BCUT2D eigenvalue weighted by molar-refractivity contribution is 0.237. The van der Waals surface area contributed by atoms with Gasteiger partial charge < -0.3 is 14.8 Å². The van der Waals surface area contributed by atoms with E-state index in [2.05, 4.69) is 45.1 Å². The van der Waals surface area contributed by atoms with Crippen LogP contribution in [0.3, 0.4) is 0 Å². The standard InChI is InChI=1S/C18H31NO2/c1-6-15(5)13-21-17-9-8-16(10-18(17)20-7-2)12-19-11-14(3)4/h8-10,14-15,19H,6-7,11-13H2,1-5H3. The molecule has 1 aromatic rings. The third-order valence-corrected chi connectivity index (χ3v) is 3.41. The lowest BCUT2D eigenvalue weighted by Crippen LogP contribution is -2.19. The van der Waals surface area contributed by atoms with Crippen molar-refractivity contribution in [3.05, 3.63) is 23.8 Å². The van der Waals surface area contributed by atoms with Crippen LogP contribution in [-0.4, -0.2) is 19.8 Å². The summed E-state index contributed by atoms with van der Waals surface area (Å²) in [7, 11) is 0. The summed E-state index contributed by atoms with van der Waals surface area (Å²) in [6, 6.07) is 6.23. The maximum atomic E-state index is 5.89. The fraction of sp³-hybridized carbons (Fsp3) is 0.667. The lowest BCUT2D eigenvalue weighted by atomic mass is 10.1. The second-order valence-corrected chi connectivity index (χ2v) is 6.06. The maximum Gasteiger partial charge on any atom is 0.161 e. The molecule has 0 aliphatic carbocycles. The Morgan fingerprint density at radius 2 is 1.81 bits per heavy atom. The highest BCUT2D eigenvalue weighted by atomic mass is 16.5. The molecule has 0 bridgehead atoms. The fourth-order valence-electron chi connectivity index (χ4n) is 1.91. The molecule has 0 saturated heterocycles. The molecule has 1 N–H and O–H groups in total. The van der Waals surface area contributed by atoms with Crippen molar-refractivity contribution in [2.24, 2.45) is 11.8 Å². The van der Waals surface area contributed by atoms with Gasteiger partial charge in [0, 0.05) is 6.54 Å². The zero-order valence-electron chi connectivity index (χ0n) is 14.2. The summed E-state index contributed by atoms with van der Waals surface area (Å²) in [6.07, 6.45) is 1.13. The highest BCUT2D eigenvalue weighted by Crippen LogP contribution is 2.29. The molecule has 1 aromatic carbocycles. The number of hydrogen-bond donors (Lipinski definition) is 1. The summed E-state index contributed by atoms with van der Waals surface area (Å²) in [6.45, 7) is 14.1. The average molecular weight is 293 g/mol. The summed E-state index contributed by atoms with van der Waals surface area (Å²) in [4.78, 5) is 0. The zero-order valence-corrected chi connectivity index (χ0v) is 14.2. The minimum Gasteiger partial charge on any atom is -0.490 e. The smallest absolute Gasteiger partial charge is 0.161 e. The minimum absolute atomic E-state index is 0.562. The third kappa shape index (κ3) is 6.85. The van der Waals surface area contributed by atoms with E-state index in [0.717, 1.165) is 37.6 Å². The van der Waals surface area contributed by atoms with Gasteiger partial charge in [0.2, 0.25) is 0 Å². The van der Waals surface area contributed by atoms with Crippen LogP contribution in [0.5, 0.6) is 11.5 Å². The largest absolute Gasteiger partial charge is 0.490 e. The summed E-state index contributed by atoms with van der Waals surface area (Å²) in [5.74, 6) is 2.93. The van der Waals surface area contributed by atoms with Gasteiger partial charge in [0.15, 0.2) is 11.5 Å². The first-order valence-corrected chi connectivity index (χ1v) is 8.16. The maximum absolute atomic E-state index is 5.89. The number of hydrogen-bond acceptors (Lipinski definition) is 3. The number of benzene rings is 1. The minimum atomic E-state index is 0.562. The molecule has 1 atom stereocenters. The van der Waals surface area contributed by atoms with Crippen LogP contribution in [0.2, 0.25) is 0 Å². The molecular formula is C18H31NO2. The Balaban J connectivity index is 2.66. The molecule has 0 aromatic heterocycles. The molecule has 3 nitrogen and oxygen atoms in total. The van der Waals surface area contributed by atoms with Gasteiger partial charge in [-0.05, 0) is 43.0 Å². The van der Waals surface area contributed by atoms with E-state index in [-0.39, 0.29) is 0 Å². The SMILES string of the molecule is CCOc1cc(CNCC(C)C)ccc1OCC(C)CC. The van der Waals surface area contributed by atoms with Gasteiger partial charge in [0.1, 0.15) is 0 Å². The molecule has 120 valence electrons. The quantitative estimate of drug-likeness (QED) is 0.699. The molecular weight excluding hydrogens is 262 g/mol. The van der Waals surface area contributed by atoms with E-state index in [1.807, 2.05) is 13.0 Å². The van der Waals surface area contributed by atoms with E-state index in [1.54, 1.807) is 0 Å². The average Bonchev–Trinajstić information content (AvgIpc) is 2.46. The van der Waals surface area contributed by atoms with Crippen LogP contribution in [0, 0.1) is 11.8 Å². The van der Waals surface area contributed by atoms with Crippen molar-refractivity contribution >= 4 is 0 Å². The summed E-state index contributed by atoms with van der Waals surface area (Å²) in [5.41, 5.74) is 1.23. The molecule has 1 rings (SSSR count). The number of nitrogens with one attached hydrogen (secondary N) is 1. The van der Waals surface area contributed by atoms with Crippen molar-refractivity contribution in [3.63, 3.8) is 0 Å². The van der Waals surface area contributed by atoms with Gasteiger partial charge in [-0.25, -0.2) is 0 Å². The Kier molecular flexibility index (Phi) is 8.21. The molecule has 0 aliphatic heterocycles. The van der Waals surface area contributed by atoms with Crippen LogP contribution >= 0.6 is 0 Å². The van der Waals surface area contributed by atoms with Crippen LogP contribution in [0.1, 0.15) is 46.6 Å². The Bertz CT molecular complexity index is 404.